The summed E-state index contributed by atoms with van der Waals surface area (Å²) in [4.78, 5) is 72.1. The van der Waals surface area contributed by atoms with Crippen molar-refractivity contribution < 1.29 is 80.2 Å². The highest BCUT2D eigenvalue weighted by molar-refractivity contribution is 7.47. The Kier molecular flexibility index (Phi) is 55.0. The zero-order valence-electron chi connectivity index (χ0n) is 54.4. The van der Waals surface area contributed by atoms with Crippen LogP contribution in [0.3, 0.4) is 0 Å². The van der Waals surface area contributed by atoms with E-state index in [0.717, 1.165) is 114 Å². The Balaban J connectivity index is 5.18. The molecule has 5 atom stereocenters. The molecule has 0 aliphatic carbocycles. The first-order chi connectivity index (χ1) is 40.2. The van der Waals surface area contributed by atoms with Crippen LogP contribution >= 0.6 is 15.6 Å². The van der Waals surface area contributed by atoms with Gasteiger partial charge in [0.1, 0.15) is 19.3 Å². The number of aliphatic hydroxyl groups is 1. The number of aliphatic hydroxyl groups excluding tert-OH is 1. The van der Waals surface area contributed by atoms with E-state index in [9.17, 15) is 43.2 Å². The van der Waals surface area contributed by atoms with E-state index in [1.54, 1.807) is 0 Å². The minimum Gasteiger partial charge on any atom is -0.462 e. The molecule has 2 unspecified atom stereocenters. The zero-order valence-corrected chi connectivity index (χ0v) is 56.1. The van der Waals surface area contributed by atoms with Gasteiger partial charge in [-0.1, -0.05) is 267 Å². The standard InChI is InChI=1S/C65H126O17P2/c1-8-9-10-29-39-46-62(67)75-52-60(81-64(69)48-41-34-27-21-15-12-18-24-31-37-44-57(4)5)54-79-83(71,72)77-50-59(66)51-78-84(73,74)80-55-61(82-65(70)49-42-35-28-22-16-13-19-25-32-38-45-58(6)7)53-76-63(68)47-40-33-26-20-14-11-17-23-30-36-43-56(2)3/h56-61,66H,8-55H2,1-7H3,(H,71,72)(H,73,74)/t59-,60+,61+/m0/s1. The predicted octanol–water partition coefficient (Wildman–Crippen LogP) is 17.9. The van der Waals surface area contributed by atoms with Gasteiger partial charge in [-0.05, 0) is 43.4 Å². The lowest BCUT2D eigenvalue weighted by atomic mass is 10.0. The van der Waals surface area contributed by atoms with Crippen molar-refractivity contribution >= 4 is 39.5 Å². The minimum absolute atomic E-state index is 0.104. The van der Waals surface area contributed by atoms with Crippen LogP contribution in [0.5, 0.6) is 0 Å². The number of phosphoric acid groups is 2. The molecule has 19 heteroatoms. The average molecular weight is 1240 g/mol. The van der Waals surface area contributed by atoms with Crippen LogP contribution in [0.4, 0.5) is 0 Å². The second-order valence-corrected chi connectivity index (χ2v) is 27.8. The van der Waals surface area contributed by atoms with Crippen molar-refractivity contribution in [2.24, 2.45) is 17.8 Å². The summed E-state index contributed by atoms with van der Waals surface area (Å²) >= 11 is 0. The maximum atomic E-state index is 13.0. The lowest BCUT2D eigenvalue weighted by Gasteiger charge is -2.21. The minimum atomic E-state index is -4.95. The van der Waals surface area contributed by atoms with Crippen LogP contribution in [0.1, 0.15) is 318 Å². The maximum Gasteiger partial charge on any atom is 0.472 e. The van der Waals surface area contributed by atoms with Gasteiger partial charge in [-0.3, -0.25) is 37.3 Å². The molecule has 0 aromatic carbocycles. The summed E-state index contributed by atoms with van der Waals surface area (Å²) in [6.45, 7) is 11.7. The molecule has 0 amide bonds. The number of carbonyl (C=O) groups excluding carboxylic acids is 4. The van der Waals surface area contributed by atoms with Crippen molar-refractivity contribution in [1.82, 2.24) is 0 Å². The van der Waals surface area contributed by atoms with Crippen molar-refractivity contribution in [2.45, 2.75) is 336 Å². The van der Waals surface area contributed by atoms with E-state index in [2.05, 4.69) is 48.5 Å². The molecule has 0 bridgehead atoms. The smallest absolute Gasteiger partial charge is 0.462 e. The van der Waals surface area contributed by atoms with Crippen molar-refractivity contribution in [3.63, 3.8) is 0 Å². The molecule has 84 heavy (non-hydrogen) atoms. The van der Waals surface area contributed by atoms with E-state index in [4.69, 9.17) is 37.0 Å². The fourth-order valence-electron chi connectivity index (χ4n) is 9.66. The van der Waals surface area contributed by atoms with Crippen LogP contribution in [0.15, 0.2) is 0 Å². The van der Waals surface area contributed by atoms with E-state index in [0.29, 0.717) is 25.7 Å². The molecule has 17 nitrogen and oxygen atoms in total. The van der Waals surface area contributed by atoms with Crippen LogP contribution < -0.4 is 0 Å². The lowest BCUT2D eigenvalue weighted by Crippen LogP contribution is -2.30. The molecule has 0 radical (unpaired) electrons. The molecule has 3 N–H and O–H groups in total. The quantitative estimate of drug-likeness (QED) is 0.0222. The monoisotopic (exact) mass is 1240 g/mol. The zero-order chi connectivity index (χ0) is 62.4. The van der Waals surface area contributed by atoms with Crippen LogP contribution in [0.25, 0.3) is 0 Å². The third-order valence-corrected chi connectivity index (χ3v) is 16.8. The molecule has 0 aliphatic rings. The van der Waals surface area contributed by atoms with Gasteiger partial charge in [0.15, 0.2) is 12.2 Å². The Morgan fingerprint density at radius 3 is 0.810 bits per heavy atom. The number of ether oxygens (including phenoxy) is 4. The normalized spacial score (nSPS) is 14.3. The molecule has 0 saturated carbocycles. The molecule has 0 heterocycles. The van der Waals surface area contributed by atoms with Crippen LogP contribution in [-0.2, 0) is 65.4 Å². The Hall–Kier alpha value is -1.94. The molecular weight excluding hydrogens is 1110 g/mol. The molecule has 0 aromatic heterocycles. The topological polar surface area (TPSA) is 237 Å². The fraction of sp³-hybridized carbons (Fsp3) is 0.938. The third kappa shape index (κ3) is 59.0. The van der Waals surface area contributed by atoms with Gasteiger partial charge < -0.3 is 33.8 Å². The van der Waals surface area contributed by atoms with Crippen molar-refractivity contribution in [1.29, 1.82) is 0 Å². The molecular formula is C65H126O17P2. The summed E-state index contributed by atoms with van der Waals surface area (Å²) in [5.41, 5.74) is 0. The summed E-state index contributed by atoms with van der Waals surface area (Å²) < 4.78 is 67.9. The second-order valence-electron chi connectivity index (χ2n) is 24.9. The Labute approximate surface area is 511 Å². The van der Waals surface area contributed by atoms with Crippen LogP contribution in [-0.4, -0.2) is 96.7 Å². The van der Waals surface area contributed by atoms with Gasteiger partial charge >= 0.3 is 39.5 Å². The number of rotatable bonds is 63. The molecule has 0 aliphatic heterocycles. The summed E-state index contributed by atoms with van der Waals surface area (Å²) in [5.74, 6) is 0.119. The number of esters is 4. The molecule has 0 spiro atoms. The Morgan fingerprint density at radius 1 is 0.321 bits per heavy atom. The van der Waals surface area contributed by atoms with Gasteiger partial charge in [0.05, 0.1) is 26.4 Å². The summed E-state index contributed by atoms with van der Waals surface area (Å²) in [7, 11) is -9.88. The van der Waals surface area contributed by atoms with Gasteiger partial charge in [-0.15, -0.1) is 0 Å². The highest BCUT2D eigenvalue weighted by Gasteiger charge is 2.30. The molecule has 498 valence electrons. The van der Waals surface area contributed by atoms with E-state index >= 15 is 0 Å². The largest absolute Gasteiger partial charge is 0.472 e. The van der Waals surface area contributed by atoms with Gasteiger partial charge in [0.25, 0.3) is 0 Å². The summed E-state index contributed by atoms with van der Waals surface area (Å²) in [6, 6.07) is 0. The first-order valence-electron chi connectivity index (χ1n) is 33.8. The number of phosphoric ester groups is 2. The van der Waals surface area contributed by atoms with Crippen molar-refractivity contribution in [3.05, 3.63) is 0 Å². The number of carbonyl (C=O) groups is 4. The third-order valence-electron chi connectivity index (χ3n) is 14.9. The number of hydrogen-bond acceptors (Lipinski definition) is 15. The van der Waals surface area contributed by atoms with Gasteiger partial charge in [0.2, 0.25) is 0 Å². The molecule has 0 aromatic rings. The van der Waals surface area contributed by atoms with E-state index in [-0.39, 0.29) is 25.7 Å². The molecule has 0 rings (SSSR count). The summed E-state index contributed by atoms with van der Waals surface area (Å²) in [6.07, 6.45) is 37.9. The van der Waals surface area contributed by atoms with Crippen LogP contribution in [0, 0.1) is 17.8 Å². The summed E-state index contributed by atoms with van der Waals surface area (Å²) in [5, 5.41) is 10.5. The SMILES string of the molecule is CCCCCCCC(=O)OC[C@H](COP(=O)(O)OC[C@H](O)COP(=O)(O)OC[C@@H](COC(=O)CCCCCCCCCCCCC(C)C)OC(=O)CCCCCCCCCCCCC(C)C)OC(=O)CCCCCCCCCCCCC(C)C. The van der Waals surface area contributed by atoms with Gasteiger partial charge in [0, 0.05) is 25.7 Å². The van der Waals surface area contributed by atoms with Gasteiger partial charge in [-0.2, -0.15) is 0 Å². The van der Waals surface area contributed by atoms with Crippen LogP contribution in [0.2, 0.25) is 0 Å². The molecule has 0 fully saturated rings. The second kappa shape index (κ2) is 56.3. The maximum absolute atomic E-state index is 13.0. The number of hydrogen-bond donors (Lipinski definition) is 3. The highest BCUT2D eigenvalue weighted by atomic mass is 31.2. The average Bonchev–Trinajstić information content (AvgIpc) is 3.57. The van der Waals surface area contributed by atoms with Crippen molar-refractivity contribution in [2.75, 3.05) is 39.6 Å². The first kappa shape index (κ1) is 82.1. The van der Waals surface area contributed by atoms with Gasteiger partial charge in [-0.25, -0.2) is 9.13 Å². The predicted molar refractivity (Wildman–Crippen MR) is 335 cm³/mol. The van der Waals surface area contributed by atoms with Crippen molar-refractivity contribution in [3.8, 4) is 0 Å². The Bertz CT molecular complexity index is 1660. The molecule has 0 saturated heterocycles. The highest BCUT2D eigenvalue weighted by Crippen LogP contribution is 2.45. The van der Waals surface area contributed by atoms with E-state index in [1.165, 1.54) is 122 Å². The first-order valence-corrected chi connectivity index (χ1v) is 36.8. The lowest BCUT2D eigenvalue weighted by molar-refractivity contribution is -0.161. The Morgan fingerprint density at radius 2 is 0.548 bits per heavy atom. The van der Waals surface area contributed by atoms with E-state index in [1.807, 2.05) is 0 Å². The van der Waals surface area contributed by atoms with E-state index < -0.39 is 97.5 Å². The number of unbranched alkanes of at least 4 members (excludes halogenated alkanes) is 31. The fourth-order valence-corrected chi connectivity index (χ4v) is 11.2.